The number of aryl methyl sites for hydroxylation is 1. The number of rotatable bonds is 10. The van der Waals surface area contributed by atoms with E-state index in [1.165, 1.54) is 0 Å². The molecule has 11 heteroatoms. The summed E-state index contributed by atoms with van der Waals surface area (Å²) in [6.07, 6.45) is 7.64. The van der Waals surface area contributed by atoms with Crippen LogP contribution in [0.1, 0.15) is 60.4 Å². The zero-order chi connectivity index (χ0) is 28.8. The number of carbonyl (C=O) groups excluding carboxylic acids is 1. The van der Waals surface area contributed by atoms with Crippen LogP contribution >= 0.6 is 11.6 Å². The maximum atomic E-state index is 13.7. The first-order chi connectivity index (χ1) is 20.0. The van der Waals surface area contributed by atoms with Crippen molar-refractivity contribution in [2.45, 2.75) is 57.0 Å². The van der Waals surface area contributed by atoms with E-state index in [1.807, 2.05) is 55.1 Å². The first kappa shape index (κ1) is 28.5. The molecule has 1 amide bonds. The third-order valence-electron chi connectivity index (χ3n) is 7.33. The van der Waals surface area contributed by atoms with E-state index in [0.717, 1.165) is 56.2 Å². The summed E-state index contributed by atoms with van der Waals surface area (Å²) in [6.45, 7) is 1.62. The molecule has 1 aliphatic carbocycles. The zero-order valence-corrected chi connectivity index (χ0v) is 24.2. The molecule has 1 fully saturated rings. The molecule has 0 aliphatic heterocycles. The third-order valence-corrected chi connectivity index (χ3v) is 7.63. The molecule has 1 N–H and O–H groups in total. The molecule has 0 atom stereocenters. The van der Waals surface area contributed by atoms with Crippen LogP contribution < -0.4 is 10.4 Å². The Balaban J connectivity index is 1.48. The highest BCUT2D eigenvalue weighted by Crippen LogP contribution is 2.29. The van der Waals surface area contributed by atoms with Gasteiger partial charge in [-0.1, -0.05) is 49.6 Å². The number of anilines is 1. The number of benzene rings is 1. The molecule has 1 aliphatic rings. The van der Waals surface area contributed by atoms with E-state index in [2.05, 4.69) is 36.3 Å². The fourth-order valence-electron chi connectivity index (χ4n) is 5.18. The number of nitriles is 1. The van der Waals surface area contributed by atoms with Gasteiger partial charge in [0.1, 0.15) is 11.8 Å². The van der Waals surface area contributed by atoms with Crippen molar-refractivity contribution in [3.8, 4) is 17.3 Å². The van der Waals surface area contributed by atoms with Gasteiger partial charge in [-0.05, 0) is 57.6 Å². The summed E-state index contributed by atoms with van der Waals surface area (Å²) in [5.74, 6) is 0.555. The number of halogens is 1. The van der Waals surface area contributed by atoms with Crippen LogP contribution in [0.4, 0.5) is 5.82 Å². The lowest BCUT2D eigenvalue weighted by Gasteiger charge is -2.35. The van der Waals surface area contributed by atoms with Gasteiger partial charge in [0.25, 0.3) is 5.91 Å². The number of pyridine rings is 1. The van der Waals surface area contributed by atoms with Crippen molar-refractivity contribution in [1.29, 1.82) is 5.26 Å². The minimum atomic E-state index is -0.356. The summed E-state index contributed by atoms with van der Waals surface area (Å²) in [6, 6.07) is 15.3. The highest BCUT2D eigenvalue weighted by Gasteiger charge is 2.29. The van der Waals surface area contributed by atoms with Gasteiger partial charge >= 0.3 is 0 Å². The average Bonchev–Trinajstić information content (AvgIpc) is 3.42. The summed E-state index contributed by atoms with van der Waals surface area (Å²) in [5.41, 5.74) is 7.11. The van der Waals surface area contributed by atoms with Gasteiger partial charge < -0.3 is 9.47 Å². The van der Waals surface area contributed by atoms with Gasteiger partial charge in [-0.3, -0.25) is 15.2 Å². The van der Waals surface area contributed by atoms with Crippen LogP contribution in [0.15, 0.2) is 48.8 Å². The third kappa shape index (κ3) is 6.64. The molecule has 0 spiro atoms. The molecular weight excluding hydrogens is 538 g/mol. The van der Waals surface area contributed by atoms with Crippen molar-refractivity contribution in [3.05, 3.63) is 65.9 Å². The molecule has 212 valence electrons. The topological polar surface area (TPSA) is 116 Å². The molecule has 5 rings (SSSR count). The largest absolute Gasteiger partial charge is 0.315 e. The fraction of sp³-hybridized carbons (Fsp3) is 0.400. The molecule has 3 aromatic heterocycles. The van der Waals surface area contributed by atoms with Gasteiger partial charge in [-0.15, -0.1) is 11.6 Å². The van der Waals surface area contributed by atoms with E-state index in [4.69, 9.17) is 11.6 Å². The number of carbonyl (C=O) groups is 1. The van der Waals surface area contributed by atoms with Crippen LogP contribution in [0.25, 0.3) is 22.4 Å². The van der Waals surface area contributed by atoms with E-state index < -0.39 is 0 Å². The number of nitrogens with zero attached hydrogens (tertiary/aromatic N) is 8. The Morgan fingerprint density at radius 3 is 2.59 bits per heavy atom. The number of fused-ring (bicyclic) bond motifs is 1. The number of hydrogen-bond acceptors (Lipinski definition) is 8. The summed E-state index contributed by atoms with van der Waals surface area (Å²) < 4.78 is 1.95. The van der Waals surface area contributed by atoms with Gasteiger partial charge in [0.15, 0.2) is 17.0 Å². The maximum absolute atomic E-state index is 13.7. The van der Waals surface area contributed by atoms with Crippen LogP contribution in [0.5, 0.6) is 0 Å². The molecule has 4 aromatic rings. The van der Waals surface area contributed by atoms with Crippen LogP contribution in [0, 0.1) is 11.3 Å². The van der Waals surface area contributed by atoms with Gasteiger partial charge in [0.2, 0.25) is 5.82 Å². The molecule has 0 unspecified atom stereocenters. The second-order valence-corrected chi connectivity index (χ2v) is 10.9. The summed E-state index contributed by atoms with van der Waals surface area (Å²) >= 11 is 5.94. The van der Waals surface area contributed by atoms with Crippen molar-refractivity contribution in [2.24, 2.45) is 0 Å². The van der Waals surface area contributed by atoms with Crippen molar-refractivity contribution >= 4 is 34.5 Å². The van der Waals surface area contributed by atoms with Crippen LogP contribution in [-0.2, 0) is 12.4 Å². The maximum Gasteiger partial charge on any atom is 0.288 e. The number of nitrogens with one attached hydrogen (secondary N) is 1. The monoisotopic (exact) mass is 571 g/mol. The van der Waals surface area contributed by atoms with E-state index >= 15 is 0 Å². The van der Waals surface area contributed by atoms with Gasteiger partial charge in [-0.2, -0.15) is 15.2 Å². The van der Waals surface area contributed by atoms with Gasteiger partial charge in [-0.25, -0.2) is 9.97 Å². The van der Waals surface area contributed by atoms with Crippen molar-refractivity contribution < 1.29 is 4.79 Å². The van der Waals surface area contributed by atoms with E-state index in [0.29, 0.717) is 35.1 Å². The molecular formula is C30H34ClN9O. The Morgan fingerprint density at radius 2 is 1.88 bits per heavy atom. The Kier molecular flexibility index (Phi) is 9.07. The van der Waals surface area contributed by atoms with Gasteiger partial charge in [0.05, 0.1) is 18.1 Å². The lowest BCUT2D eigenvalue weighted by atomic mass is 9.95. The molecule has 1 saturated carbocycles. The van der Waals surface area contributed by atoms with Crippen molar-refractivity contribution in [3.63, 3.8) is 0 Å². The minimum Gasteiger partial charge on any atom is -0.315 e. The summed E-state index contributed by atoms with van der Waals surface area (Å²) in [7, 11) is 4.07. The highest BCUT2D eigenvalue weighted by molar-refractivity contribution is 6.17. The fourth-order valence-corrected chi connectivity index (χ4v) is 5.36. The Morgan fingerprint density at radius 1 is 1.10 bits per heavy atom. The van der Waals surface area contributed by atoms with Crippen LogP contribution in [0.2, 0.25) is 0 Å². The number of hydrazine groups is 1. The van der Waals surface area contributed by atoms with E-state index in [-0.39, 0.29) is 23.5 Å². The second kappa shape index (κ2) is 13.1. The summed E-state index contributed by atoms with van der Waals surface area (Å²) in [4.78, 5) is 34.2. The number of aromatic nitrogens is 5. The highest BCUT2D eigenvalue weighted by atomic mass is 35.5. The molecule has 1 aromatic carbocycles. The van der Waals surface area contributed by atoms with Gasteiger partial charge in [0, 0.05) is 18.0 Å². The SMILES string of the molecule is CN(C)CCCn1cnc2c(N(NC(=O)c3cccc(-c4ccc(CCl)cc4)n3)C3CCCCC3)nc(C#N)nc21. The average molecular weight is 572 g/mol. The van der Waals surface area contributed by atoms with Crippen LogP contribution in [0.3, 0.4) is 0 Å². The Hall–Kier alpha value is -4.07. The Bertz CT molecular complexity index is 1540. The molecule has 0 saturated heterocycles. The second-order valence-electron chi connectivity index (χ2n) is 10.6. The normalized spacial score (nSPS) is 13.8. The van der Waals surface area contributed by atoms with Crippen LogP contribution in [-0.4, -0.2) is 62.0 Å². The predicted octanol–water partition coefficient (Wildman–Crippen LogP) is 4.93. The standard InChI is InChI=1S/C30H34ClN9O/c1-38(2)16-7-17-39-20-33-27-28(39)35-26(19-32)36-29(27)40(23-8-4-3-5-9-23)37-30(41)25-11-6-10-24(34-25)22-14-12-21(18-31)13-15-22/h6,10-15,20,23H,3-5,7-9,16-18H2,1-2H3,(H,37,41). The lowest BCUT2D eigenvalue weighted by Crippen LogP contribution is -2.50. The molecule has 10 nitrogen and oxygen atoms in total. The first-order valence-corrected chi connectivity index (χ1v) is 14.5. The molecule has 41 heavy (non-hydrogen) atoms. The Labute approximate surface area is 245 Å². The van der Waals surface area contributed by atoms with Crippen molar-refractivity contribution in [1.82, 2.24) is 34.8 Å². The molecule has 0 radical (unpaired) electrons. The van der Waals surface area contributed by atoms with Crippen molar-refractivity contribution in [2.75, 3.05) is 25.6 Å². The minimum absolute atomic E-state index is 0.00233. The van der Waals surface area contributed by atoms with E-state index in [9.17, 15) is 10.1 Å². The number of alkyl halides is 1. The number of amides is 1. The predicted molar refractivity (Wildman–Crippen MR) is 159 cm³/mol. The quantitative estimate of drug-likeness (QED) is 0.210. The number of imidazole rings is 1. The first-order valence-electron chi connectivity index (χ1n) is 14.0. The zero-order valence-electron chi connectivity index (χ0n) is 23.4. The summed E-state index contributed by atoms with van der Waals surface area (Å²) in [5, 5.41) is 11.6. The molecule has 3 heterocycles. The number of hydrogen-bond donors (Lipinski definition) is 1. The lowest BCUT2D eigenvalue weighted by molar-refractivity contribution is 0.0936. The van der Waals surface area contributed by atoms with E-state index in [1.54, 1.807) is 17.4 Å². The molecule has 0 bridgehead atoms. The smallest absolute Gasteiger partial charge is 0.288 e.